The Labute approximate surface area is 337 Å². The molecule has 55 heavy (non-hydrogen) atoms. The monoisotopic (exact) mass is 798 g/mol. The summed E-state index contributed by atoms with van der Waals surface area (Å²) in [6.07, 6.45) is 45.9. The molecule has 0 aromatic heterocycles. The van der Waals surface area contributed by atoms with Crippen molar-refractivity contribution in [2.24, 2.45) is 5.73 Å². The second kappa shape index (κ2) is 41.9. The van der Waals surface area contributed by atoms with Crippen LogP contribution in [0, 0.1) is 0 Å². The van der Waals surface area contributed by atoms with Crippen molar-refractivity contribution >= 4 is 19.8 Å². The molecule has 0 aliphatic heterocycles. The SMILES string of the molecule is CCCC/C=C/CCCCCCCCCCCC(=O)O[C@H](COC(=O)CCCCCCCCCCC/C=C/C/C=C/CCCCC)COP(=O)(O)OCCN. The van der Waals surface area contributed by atoms with E-state index < -0.39 is 26.5 Å². The van der Waals surface area contributed by atoms with E-state index in [1.54, 1.807) is 0 Å². The first-order chi connectivity index (χ1) is 26.8. The highest BCUT2D eigenvalue weighted by molar-refractivity contribution is 7.47. The van der Waals surface area contributed by atoms with E-state index in [1.807, 2.05) is 0 Å². The molecule has 0 radical (unpaired) electrons. The highest BCUT2D eigenvalue weighted by Gasteiger charge is 2.26. The van der Waals surface area contributed by atoms with E-state index in [-0.39, 0.29) is 38.6 Å². The first-order valence-electron chi connectivity index (χ1n) is 22.5. The summed E-state index contributed by atoms with van der Waals surface area (Å²) in [7, 11) is -4.38. The summed E-state index contributed by atoms with van der Waals surface area (Å²) in [6, 6.07) is 0. The van der Waals surface area contributed by atoms with Crippen molar-refractivity contribution in [3.63, 3.8) is 0 Å². The summed E-state index contributed by atoms with van der Waals surface area (Å²) < 4.78 is 32.8. The Hall–Kier alpha value is -1.77. The highest BCUT2D eigenvalue weighted by atomic mass is 31.2. The molecule has 0 aromatic carbocycles. The predicted molar refractivity (Wildman–Crippen MR) is 229 cm³/mol. The number of esters is 2. The quantitative estimate of drug-likeness (QED) is 0.0268. The first-order valence-corrected chi connectivity index (χ1v) is 24.0. The lowest BCUT2D eigenvalue weighted by molar-refractivity contribution is -0.161. The highest BCUT2D eigenvalue weighted by Crippen LogP contribution is 2.43. The van der Waals surface area contributed by atoms with E-state index in [0.29, 0.717) is 6.42 Å². The topological polar surface area (TPSA) is 134 Å². The zero-order valence-electron chi connectivity index (χ0n) is 35.4. The number of carbonyl (C=O) groups excluding carboxylic acids is 2. The number of phosphoric acid groups is 1. The van der Waals surface area contributed by atoms with Crippen LogP contribution in [-0.2, 0) is 32.7 Å². The minimum atomic E-state index is -4.38. The summed E-state index contributed by atoms with van der Waals surface area (Å²) in [5, 5.41) is 0. The van der Waals surface area contributed by atoms with Gasteiger partial charge in [-0.2, -0.15) is 0 Å². The van der Waals surface area contributed by atoms with Gasteiger partial charge in [0.2, 0.25) is 0 Å². The minimum Gasteiger partial charge on any atom is -0.462 e. The van der Waals surface area contributed by atoms with Gasteiger partial charge >= 0.3 is 19.8 Å². The number of carbonyl (C=O) groups is 2. The molecular weight excluding hydrogens is 713 g/mol. The third-order valence-corrected chi connectivity index (χ3v) is 10.5. The Morgan fingerprint density at radius 1 is 0.545 bits per heavy atom. The number of phosphoric ester groups is 1. The van der Waals surface area contributed by atoms with Gasteiger partial charge in [-0.1, -0.05) is 166 Å². The molecule has 0 spiro atoms. The largest absolute Gasteiger partial charge is 0.472 e. The van der Waals surface area contributed by atoms with E-state index in [2.05, 4.69) is 50.3 Å². The van der Waals surface area contributed by atoms with E-state index in [0.717, 1.165) is 44.9 Å². The van der Waals surface area contributed by atoms with E-state index in [1.165, 1.54) is 128 Å². The second-order valence-corrected chi connectivity index (χ2v) is 16.4. The minimum absolute atomic E-state index is 0.0525. The normalized spacial score (nSPS) is 13.6. The van der Waals surface area contributed by atoms with Crippen LogP contribution in [-0.4, -0.2) is 49.3 Å². The van der Waals surface area contributed by atoms with Gasteiger partial charge in [0.05, 0.1) is 13.2 Å². The van der Waals surface area contributed by atoms with Gasteiger partial charge in [0, 0.05) is 19.4 Å². The number of nitrogens with two attached hydrogens (primary N) is 1. The fourth-order valence-corrected chi connectivity index (χ4v) is 6.88. The van der Waals surface area contributed by atoms with Crippen LogP contribution in [0.5, 0.6) is 0 Å². The van der Waals surface area contributed by atoms with E-state index in [9.17, 15) is 19.0 Å². The van der Waals surface area contributed by atoms with Crippen molar-refractivity contribution in [3.05, 3.63) is 36.5 Å². The Bertz CT molecular complexity index is 1000. The molecule has 0 rings (SSSR count). The maximum atomic E-state index is 12.6. The van der Waals surface area contributed by atoms with Gasteiger partial charge in [-0.25, -0.2) is 4.57 Å². The molecule has 3 N–H and O–H groups in total. The maximum Gasteiger partial charge on any atom is 0.472 e. The van der Waals surface area contributed by atoms with Gasteiger partial charge in [0.1, 0.15) is 6.61 Å². The van der Waals surface area contributed by atoms with Crippen LogP contribution in [0.15, 0.2) is 36.5 Å². The number of ether oxygens (including phenoxy) is 2. The van der Waals surface area contributed by atoms with Crippen molar-refractivity contribution in [2.75, 3.05) is 26.4 Å². The molecule has 2 atom stereocenters. The van der Waals surface area contributed by atoms with Crippen LogP contribution in [0.4, 0.5) is 0 Å². The average molecular weight is 798 g/mol. The Morgan fingerprint density at radius 2 is 0.964 bits per heavy atom. The van der Waals surface area contributed by atoms with Crippen LogP contribution in [0.3, 0.4) is 0 Å². The third-order valence-electron chi connectivity index (χ3n) is 9.50. The first kappa shape index (κ1) is 53.2. The van der Waals surface area contributed by atoms with Gasteiger partial charge in [-0.15, -0.1) is 0 Å². The molecule has 0 amide bonds. The summed E-state index contributed by atoms with van der Waals surface area (Å²) in [5.41, 5.74) is 5.35. The number of rotatable bonds is 42. The van der Waals surface area contributed by atoms with Gasteiger partial charge in [-0.3, -0.25) is 18.6 Å². The van der Waals surface area contributed by atoms with Crippen molar-refractivity contribution in [2.45, 2.75) is 213 Å². The van der Waals surface area contributed by atoms with Gasteiger partial charge in [0.15, 0.2) is 6.10 Å². The smallest absolute Gasteiger partial charge is 0.462 e. The lowest BCUT2D eigenvalue weighted by Crippen LogP contribution is -2.29. The van der Waals surface area contributed by atoms with Crippen LogP contribution in [0.1, 0.15) is 206 Å². The number of unbranched alkanes of at least 4 members (excludes halogenated alkanes) is 23. The van der Waals surface area contributed by atoms with Crippen molar-refractivity contribution in [1.82, 2.24) is 0 Å². The molecule has 9 nitrogen and oxygen atoms in total. The third kappa shape index (κ3) is 41.7. The molecule has 0 fully saturated rings. The van der Waals surface area contributed by atoms with Gasteiger partial charge < -0.3 is 20.1 Å². The van der Waals surface area contributed by atoms with Crippen molar-refractivity contribution in [1.29, 1.82) is 0 Å². The van der Waals surface area contributed by atoms with Crippen LogP contribution >= 0.6 is 7.82 Å². The molecule has 0 aliphatic rings. The molecule has 0 saturated heterocycles. The zero-order valence-corrected chi connectivity index (χ0v) is 36.3. The molecule has 0 heterocycles. The van der Waals surface area contributed by atoms with Crippen molar-refractivity contribution < 1.29 is 37.6 Å². The standard InChI is InChI=1S/C45H84NO8P/c1-3-5-7-9-11-13-15-17-19-20-21-22-24-25-27-29-31-33-35-37-44(47)51-41-43(42-53-55(49,50)52-40-39-46)54-45(48)38-36-34-32-30-28-26-23-18-16-14-12-10-8-6-4-2/h10-13,17,19,43H,3-9,14-16,18,20-42,46H2,1-2H3,(H,49,50)/b12-10+,13-11+,19-17+/t43-/m1/s1. The lowest BCUT2D eigenvalue weighted by Gasteiger charge is -2.19. The Balaban J connectivity index is 4.11. The van der Waals surface area contributed by atoms with Crippen LogP contribution in [0.25, 0.3) is 0 Å². The molecule has 10 heteroatoms. The molecule has 1 unspecified atom stereocenters. The van der Waals surface area contributed by atoms with E-state index in [4.69, 9.17) is 24.3 Å². The number of allylic oxidation sites excluding steroid dienone is 6. The zero-order chi connectivity index (χ0) is 40.3. The van der Waals surface area contributed by atoms with Crippen molar-refractivity contribution in [3.8, 4) is 0 Å². The maximum absolute atomic E-state index is 12.6. The Kier molecular flexibility index (Phi) is 40.5. The van der Waals surface area contributed by atoms with Crippen LogP contribution in [0.2, 0.25) is 0 Å². The predicted octanol–water partition coefficient (Wildman–Crippen LogP) is 12.9. The molecule has 322 valence electrons. The van der Waals surface area contributed by atoms with Gasteiger partial charge in [-0.05, 0) is 64.2 Å². The van der Waals surface area contributed by atoms with Gasteiger partial charge in [0.25, 0.3) is 0 Å². The number of hydrogen-bond acceptors (Lipinski definition) is 8. The molecule has 0 aromatic rings. The fourth-order valence-electron chi connectivity index (χ4n) is 6.12. The number of hydrogen-bond donors (Lipinski definition) is 2. The fraction of sp³-hybridized carbons (Fsp3) is 0.822. The Morgan fingerprint density at radius 3 is 1.45 bits per heavy atom. The molecular formula is C45H84NO8P. The lowest BCUT2D eigenvalue weighted by atomic mass is 10.1. The summed E-state index contributed by atoms with van der Waals surface area (Å²) in [5.74, 6) is -0.832. The second-order valence-electron chi connectivity index (χ2n) is 14.9. The molecule has 0 aliphatic carbocycles. The molecule has 0 bridgehead atoms. The average Bonchev–Trinajstić information content (AvgIpc) is 3.17. The van der Waals surface area contributed by atoms with Crippen LogP contribution < -0.4 is 5.73 Å². The van der Waals surface area contributed by atoms with E-state index >= 15 is 0 Å². The summed E-state index contributed by atoms with van der Waals surface area (Å²) >= 11 is 0. The summed E-state index contributed by atoms with van der Waals surface area (Å²) in [6.45, 7) is 3.68. The molecule has 0 saturated carbocycles. The summed E-state index contributed by atoms with van der Waals surface area (Å²) in [4.78, 5) is 34.9.